The molecule has 0 radical (unpaired) electrons. The number of aliphatic hydroxyl groups excluding tert-OH is 1. The van der Waals surface area contributed by atoms with Gasteiger partial charge in [-0.05, 0) is 32.2 Å². The maximum atomic E-state index is 12.0. The summed E-state index contributed by atoms with van der Waals surface area (Å²) in [6.45, 7) is 6.30. The Morgan fingerprint density at radius 2 is 2.31 bits per heavy atom. The van der Waals surface area contributed by atoms with E-state index in [0.29, 0.717) is 13.0 Å². The Labute approximate surface area is 97.8 Å². The fourth-order valence-corrected chi connectivity index (χ4v) is 2.14. The minimum absolute atomic E-state index is 0.142. The summed E-state index contributed by atoms with van der Waals surface area (Å²) in [5, 5.41) is 15.6. The van der Waals surface area contributed by atoms with Crippen LogP contribution >= 0.6 is 0 Å². The van der Waals surface area contributed by atoms with Gasteiger partial charge in [0.1, 0.15) is 0 Å². The number of carbonyl (C=O) groups excluding carboxylic acids is 1. The van der Waals surface area contributed by atoms with Crippen LogP contribution in [0, 0.1) is 5.41 Å². The molecule has 0 bridgehead atoms. The van der Waals surface area contributed by atoms with Crippen LogP contribution in [0.2, 0.25) is 0 Å². The number of hydrogen-bond donors (Lipinski definition) is 3. The zero-order chi connectivity index (χ0) is 12.0. The maximum Gasteiger partial charge on any atom is 0.227 e. The van der Waals surface area contributed by atoms with Crippen LogP contribution in [0.3, 0.4) is 0 Å². The lowest BCUT2D eigenvalue weighted by atomic mass is 9.83. The van der Waals surface area contributed by atoms with E-state index in [2.05, 4.69) is 17.6 Å². The van der Waals surface area contributed by atoms with Gasteiger partial charge in [-0.1, -0.05) is 13.8 Å². The van der Waals surface area contributed by atoms with Crippen LogP contribution in [0.1, 0.15) is 39.5 Å². The molecule has 0 aliphatic carbocycles. The number of hydrogen-bond acceptors (Lipinski definition) is 3. The number of rotatable bonds is 6. The van der Waals surface area contributed by atoms with E-state index in [1.807, 2.05) is 6.92 Å². The van der Waals surface area contributed by atoms with Crippen molar-refractivity contribution < 1.29 is 9.90 Å². The van der Waals surface area contributed by atoms with Crippen LogP contribution in [0.25, 0.3) is 0 Å². The lowest BCUT2D eigenvalue weighted by Gasteiger charge is -2.25. The molecule has 4 heteroatoms. The fraction of sp³-hybridized carbons (Fsp3) is 0.917. The van der Waals surface area contributed by atoms with E-state index in [9.17, 15) is 9.90 Å². The Morgan fingerprint density at radius 3 is 2.81 bits per heavy atom. The summed E-state index contributed by atoms with van der Waals surface area (Å²) in [6, 6.07) is 0. The largest absolute Gasteiger partial charge is 0.393 e. The van der Waals surface area contributed by atoms with E-state index in [1.165, 1.54) is 0 Å². The Morgan fingerprint density at radius 1 is 1.56 bits per heavy atom. The number of amides is 1. The van der Waals surface area contributed by atoms with Gasteiger partial charge in [0, 0.05) is 13.1 Å². The predicted octanol–water partition coefficient (Wildman–Crippen LogP) is 0.653. The van der Waals surface area contributed by atoms with Crippen molar-refractivity contribution >= 4 is 5.91 Å². The molecule has 94 valence electrons. The summed E-state index contributed by atoms with van der Waals surface area (Å²) in [7, 11) is 0. The van der Waals surface area contributed by atoms with Crippen molar-refractivity contribution in [1.29, 1.82) is 0 Å². The molecule has 1 saturated heterocycles. The molecule has 0 spiro atoms. The predicted molar refractivity (Wildman–Crippen MR) is 64.1 cm³/mol. The van der Waals surface area contributed by atoms with Gasteiger partial charge >= 0.3 is 0 Å². The van der Waals surface area contributed by atoms with Crippen LogP contribution in [-0.4, -0.2) is 36.8 Å². The zero-order valence-corrected chi connectivity index (χ0v) is 10.4. The van der Waals surface area contributed by atoms with E-state index >= 15 is 0 Å². The lowest BCUT2D eigenvalue weighted by Crippen LogP contribution is -2.43. The SMILES string of the molecule is CCC(O)CCNC(=O)C1(CC)CCNC1. The van der Waals surface area contributed by atoms with Crippen molar-refractivity contribution in [2.45, 2.75) is 45.6 Å². The second-order valence-electron chi connectivity index (χ2n) is 4.67. The van der Waals surface area contributed by atoms with Gasteiger partial charge in [-0.2, -0.15) is 0 Å². The topological polar surface area (TPSA) is 61.4 Å². The van der Waals surface area contributed by atoms with Crippen molar-refractivity contribution in [3.63, 3.8) is 0 Å². The van der Waals surface area contributed by atoms with Gasteiger partial charge in [-0.15, -0.1) is 0 Å². The van der Waals surface area contributed by atoms with Crippen molar-refractivity contribution in [2.75, 3.05) is 19.6 Å². The third-order valence-electron chi connectivity index (χ3n) is 3.64. The minimum Gasteiger partial charge on any atom is -0.393 e. The lowest BCUT2D eigenvalue weighted by molar-refractivity contribution is -0.130. The van der Waals surface area contributed by atoms with Gasteiger partial charge in [-0.3, -0.25) is 4.79 Å². The molecule has 1 aliphatic rings. The Hall–Kier alpha value is -0.610. The molecular weight excluding hydrogens is 204 g/mol. The van der Waals surface area contributed by atoms with E-state index in [1.54, 1.807) is 0 Å². The van der Waals surface area contributed by atoms with Crippen LogP contribution in [0.4, 0.5) is 0 Å². The second-order valence-corrected chi connectivity index (χ2v) is 4.67. The Kier molecular flexibility index (Phi) is 5.22. The third kappa shape index (κ3) is 3.19. The smallest absolute Gasteiger partial charge is 0.227 e. The van der Waals surface area contributed by atoms with Crippen LogP contribution in [-0.2, 0) is 4.79 Å². The van der Waals surface area contributed by atoms with Crippen LogP contribution in [0.5, 0.6) is 0 Å². The summed E-state index contributed by atoms with van der Waals surface area (Å²) >= 11 is 0. The molecule has 1 amide bonds. The molecule has 0 aromatic rings. The third-order valence-corrected chi connectivity index (χ3v) is 3.64. The molecular formula is C12H24N2O2. The van der Waals surface area contributed by atoms with E-state index in [0.717, 1.165) is 32.4 Å². The van der Waals surface area contributed by atoms with E-state index in [-0.39, 0.29) is 17.4 Å². The highest BCUT2D eigenvalue weighted by Crippen LogP contribution is 2.29. The molecule has 0 aromatic heterocycles. The maximum absolute atomic E-state index is 12.0. The summed E-state index contributed by atoms with van der Waals surface area (Å²) in [5.74, 6) is 0.142. The van der Waals surface area contributed by atoms with Crippen LogP contribution in [0.15, 0.2) is 0 Å². The molecule has 1 rings (SSSR count). The molecule has 3 N–H and O–H groups in total. The van der Waals surface area contributed by atoms with Gasteiger partial charge in [0.25, 0.3) is 0 Å². The first-order chi connectivity index (χ1) is 7.64. The fourth-order valence-electron chi connectivity index (χ4n) is 2.14. The average Bonchev–Trinajstić information content (AvgIpc) is 2.78. The monoisotopic (exact) mass is 228 g/mol. The van der Waals surface area contributed by atoms with Gasteiger partial charge in [0.2, 0.25) is 5.91 Å². The molecule has 16 heavy (non-hydrogen) atoms. The minimum atomic E-state index is -0.292. The quantitative estimate of drug-likeness (QED) is 0.625. The van der Waals surface area contributed by atoms with Gasteiger partial charge in [-0.25, -0.2) is 0 Å². The van der Waals surface area contributed by atoms with Crippen molar-refractivity contribution in [3.05, 3.63) is 0 Å². The Balaban J connectivity index is 2.33. The summed E-state index contributed by atoms with van der Waals surface area (Å²) in [6.07, 6.45) is 2.90. The molecule has 4 nitrogen and oxygen atoms in total. The van der Waals surface area contributed by atoms with Crippen molar-refractivity contribution in [1.82, 2.24) is 10.6 Å². The first-order valence-electron chi connectivity index (χ1n) is 6.31. The molecule has 1 heterocycles. The van der Waals surface area contributed by atoms with E-state index in [4.69, 9.17) is 0 Å². The first kappa shape index (κ1) is 13.5. The first-order valence-corrected chi connectivity index (χ1v) is 6.31. The normalized spacial score (nSPS) is 26.7. The summed E-state index contributed by atoms with van der Waals surface area (Å²) in [5.41, 5.74) is -0.211. The summed E-state index contributed by atoms with van der Waals surface area (Å²) < 4.78 is 0. The van der Waals surface area contributed by atoms with Gasteiger partial charge in [0.15, 0.2) is 0 Å². The second kappa shape index (κ2) is 6.21. The van der Waals surface area contributed by atoms with Crippen LogP contribution < -0.4 is 10.6 Å². The number of carbonyl (C=O) groups is 1. The van der Waals surface area contributed by atoms with Crippen molar-refractivity contribution in [3.8, 4) is 0 Å². The highest BCUT2D eigenvalue weighted by Gasteiger charge is 2.39. The summed E-state index contributed by atoms with van der Waals surface area (Å²) in [4.78, 5) is 12.0. The molecule has 0 saturated carbocycles. The van der Waals surface area contributed by atoms with Crippen molar-refractivity contribution in [2.24, 2.45) is 5.41 Å². The zero-order valence-electron chi connectivity index (χ0n) is 10.4. The highest BCUT2D eigenvalue weighted by atomic mass is 16.3. The van der Waals surface area contributed by atoms with E-state index < -0.39 is 0 Å². The highest BCUT2D eigenvalue weighted by molar-refractivity contribution is 5.83. The molecule has 2 unspecified atom stereocenters. The molecule has 1 fully saturated rings. The number of aliphatic hydroxyl groups is 1. The molecule has 2 atom stereocenters. The van der Waals surface area contributed by atoms with Gasteiger partial charge in [0.05, 0.1) is 11.5 Å². The Bertz CT molecular complexity index is 225. The molecule has 1 aliphatic heterocycles. The molecule has 0 aromatic carbocycles. The van der Waals surface area contributed by atoms with Gasteiger partial charge < -0.3 is 15.7 Å². The number of nitrogens with one attached hydrogen (secondary N) is 2. The average molecular weight is 228 g/mol. The standard InChI is InChI=1S/C12H24N2O2/c1-3-10(15)5-7-14-11(16)12(4-2)6-8-13-9-12/h10,13,15H,3-9H2,1-2H3,(H,14,16).